The second-order valence-corrected chi connectivity index (χ2v) is 10.1. The van der Waals surface area contributed by atoms with Crippen LogP contribution in [0.1, 0.15) is 48.3 Å². The number of aliphatic imine (C=N–C) groups is 1. The lowest BCUT2D eigenvalue weighted by molar-refractivity contribution is -0.148. The van der Waals surface area contributed by atoms with E-state index in [2.05, 4.69) is 0 Å². The third-order valence-corrected chi connectivity index (χ3v) is 7.50. The Balaban J connectivity index is 1.54. The predicted octanol–water partition coefficient (Wildman–Crippen LogP) is 7.31. The zero-order valence-electron chi connectivity index (χ0n) is 19.8. The first-order chi connectivity index (χ1) is 17.4. The van der Waals surface area contributed by atoms with Crippen molar-refractivity contribution in [2.45, 2.75) is 38.2 Å². The molecule has 3 atom stereocenters. The molecule has 0 fully saturated rings. The molecule has 0 amide bonds. The molecule has 0 spiro atoms. The molecular formula is C30H25Cl2NO3. The van der Waals surface area contributed by atoms with Crippen molar-refractivity contribution in [3.63, 3.8) is 0 Å². The lowest BCUT2D eigenvalue weighted by Crippen LogP contribution is -2.38. The van der Waals surface area contributed by atoms with Crippen molar-refractivity contribution in [1.82, 2.24) is 0 Å². The summed E-state index contributed by atoms with van der Waals surface area (Å²) in [6, 6.07) is 24.7. The maximum atomic E-state index is 13.7. The molecule has 4 nitrogen and oxygen atoms in total. The number of carbonyl (C=O) groups is 2. The lowest BCUT2D eigenvalue weighted by Gasteiger charge is -2.36. The summed E-state index contributed by atoms with van der Waals surface area (Å²) in [5.41, 5.74) is 4.56. The molecule has 36 heavy (non-hydrogen) atoms. The minimum absolute atomic E-state index is 0.0155. The molecule has 0 radical (unpaired) electrons. The first kappa shape index (κ1) is 24.5. The molecular weight excluding hydrogens is 493 g/mol. The molecule has 182 valence electrons. The van der Waals surface area contributed by atoms with Crippen LogP contribution in [-0.2, 0) is 20.9 Å². The van der Waals surface area contributed by atoms with E-state index in [-0.39, 0.29) is 18.3 Å². The number of benzene rings is 3. The fourth-order valence-electron chi connectivity index (χ4n) is 5.23. The van der Waals surface area contributed by atoms with Crippen LogP contribution >= 0.6 is 23.2 Å². The van der Waals surface area contributed by atoms with Gasteiger partial charge in [-0.15, -0.1) is 0 Å². The minimum atomic E-state index is -0.761. The summed E-state index contributed by atoms with van der Waals surface area (Å²) in [4.78, 5) is 32.0. The Morgan fingerprint density at radius 1 is 0.972 bits per heavy atom. The Bertz CT molecular complexity index is 1370. The quantitative estimate of drug-likeness (QED) is 0.333. The maximum Gasteiger partial charge on any atom is 0.315 e. The summed E-state index contributed by atoms with van der Waals surface area (Å²) in [7, 11) is 0. The summed E-state index contributed by atoms with van der Waals surface area (Å²) in [6.45, 7) is 1.96. The van der Waals surface area contributed by atoms with E-state index in [1.807, 2.05) is 67.6 Å². The standard InChI is InChI=1S/C30H25Cl2NO3/c1-18-27(30(35)36-17-19-8-4-2-5-9-19)28(23-13-12-22(31)16-24(23)32)29-25(33-18)14-21(15-26(29)34)20-10-6-3-7-11-20/h2-13,16,21,27-28H,14-15,17H2,1H3/t21-,27?,28-/m1/s1. The number of allylic oxidation sites excluding steroid dienone is 2. The molecule has 0 N–H and O–H groups in total. The average Bonchev–Trinajstić information content (AvgIpc) is 2.87. The largest absolute Gasteiger partial charge is 0.460 e. The Morgan fingerprint density at radius 2 is 1.67 bits per heavy atom. The molecule has 1 unspecified atom stereocenters. The monoisotopic (exact) mass is 517 g/mol. The van der Waals surface area contributed by atoms with Gasteiger partial charge in [0.05, 0.1) is 0 Å². The van der Waals surface area contributed by atoms with Gasteiger partial charge in [-0.25, -0.2) is 0 Å². The summed E-state index contributed by atoms with van der Waals surface area (Å²) in [5.74, 6) is -1.76. The fraction of sp³-hybridized carbons (Fsp3) is 0.233. The molecule has 0 bridgehead atoms. The SMILES string of the molecule is CC1=NC2=C(C(=O)C[C@H](c3ccccc3)C2)[C@H](c2ccc(Cl)cc2Cl)C1C(=O)OCc1ccccc1. The zero-order valence-corrected chi connectivity index (χ0v) is 21.3. The molecule has 1 aliphatic carbocycles. The normalized spacial score (nSPS) is 21.6. The molecule has 0 saturated carbocycles. The molecule has 6 heteroatoms. The van der Waals surface area contributed by atoms with Gasteiger partial charge in [-0.2, -0.15) is 0 Å². The Kier molecular flexibility index (Phi) is 7.08. The minimum Gasteiger partial charge on any atom is -0.460 e. The number of nitrogens with zero attached hydrogens (tertiary/aromatic N) is 1. The number of ether oxygens (including phenoxy) is 1. The summed E-state index contributed by atoms with van der Waals surface area (Å²) in [6.07, 6.45) is 0.973. The Morgan fingerprint density at radius 3 is 2.36 bits per heavy atom. The van der Waals surface area contributed by atoms with E-state index in [0.29, 0.717) is 39.7 Å². The van der Waals surface area contributed by atoms with E-state index in [4.69, 9.17) is 32.9 Å². The van der Waals surface area contributed by atoms with Crippen LogP contribution in [-0.4, -0.2) is 17.5 Å². The van der Waals surface area contributed by atoms with Gasteiger partial charge >= 0.3 is 5.97 Å². The van der Waals surface area contributed by atoms with Crippen LogP contribution in [0.3, 0.4) is 0 Å². The van der Waals surface area contributed by atoms with Crippen molar-refractivity contribution in [3.05, 3.63) is 117 Å². The van der Waals surface area contributed by atoms with Gasteiger partial charge in [-0.1, -0.05) is 89.9 Å². The lowest BCUT2D eigenvalue weighted by atomic mass is 9.69. The fourth-order valence-corrected chi connectivity index (χ4v) is 5.76. The van der Waals surface area contributed by atoms with Crippen LogP contribution in [0.4, 0.5) is 0 Å². The second kappa shape index (κ2) is 10.4. The smallest absolute Gasteiger partial charge is 0.315 e. The van der Waals surface area contributed by atoms with Crippen LogP contribution in [0, 0.1) is 5.92 Å². The number of esters is 1. The molecule has 3 aromatic rings. The number of carbonyl (C=O) groups excluding carboxylic acids is 2. The van der Waals surface area contributed by atoms with E-state index in [0.717, 1.165) is 16.8 Å². The molecule has 0 saturated heterocycles. The van der Waals surface area contributed by atoms with Crippen molar-refractivity contribution in [1.29, 1.82) is 0 Å². The molecule has 1 heterocycles. The van der Waals surface area contributed by atoms with Gasteiger partial charge in [0.25, 0.3) is 0 Å². The van der Waals surface area contributed by atoms with Gasteiger partial charge in [0, 0.05) is 39.4 Å². The maximum absolute atomic E-state index is 13.7. The number of ketones is 1. The highest BCUT2D eigenvalue weighted by molar-refractivity contribution is 6.35. The van der Waals surface area contributed by atoms with Crippen LogP contribution in [0.5, 0.6) is 0 Å². The molecule has 0 aromatic heterocycles. The topological polar surface area (TPSA) is 55.7 Å². The third-order valence-electron chi connectivity index (χ3n) is 6.93. The summed E-state index contributed by atoms with van der Waals surface area (Å²) in [5, 5.41) is 0.898. The van der Waals surface area contributed by atoms with E-state index >= 15 is 0 Å². The van der Waals surface area contributed by atoms with E-state index in [9.17, 15) is 9.59 Å². The highest BCUT2D eigenvalue weighted by Gasteiger charge is 2.45. The summed E-state index contributed by atoms with van der Waals surface area (Å²) < 4.78 is 5.74. The highest BCUT2D eigenvalue weighted by Crippen LogP contribution is 2.48. The third kappa shape index (κ3) is 4.88. The summed E-state index contributed by atoms with van der Waals surface area (Å²) >= 11 is 12.8. The van der Waals surface area contributed by atoms with Gasteiger partial charge in [-0.3, -0.25) is 14.6 Å². The van der Waals surface area contributed by atoms with Gasteiger partial charge in [0.15, 0.2) is 5.78 Å². The zero-order chi connectivity index (χ0) is 25.2. The van der Waals surface area contributed by atoms with Crippen LogP contribution < -0.4 is 0 Å². The predicted molar refractivity (Wildman–Crippen MR) is 142 cm³/mol. The van der Waals surface area contributed by atoms with Crippen LogP contribution in [0.25, 0.3) is 0 Å². The first-order valence-corrected chi connectivity index (χ1v) is 12.7. The first-order valence-electron chi connectivity index (χ1n) is 11.9. The van der Waals surface area contributed by atoms with Crippen LogP contribution in [0.15, 0.2) is 95.1 Å². The van der Waals surface area contributed by atoms with E-state index in [1.165, 1.54) is 0 Å². The van der Waals surface area contributed by atoms with Gasteiger partial charge < -0.3 is 4.74 Å². The van der Waals surface area contributed by atoms with Crippen molar-refractivity contribution < 1.29 is 14.3 Å². The van der Waals surface area contributed by atoms with E-state index < -0.39 is 17.8 Å². The van der Waals surface area contributed by atoms with Crippen molar-refractivity contribution in [3.8, 4) is 0 Å². The van der Waals surface area contributed by atoms with Crippen molar-refractivity contribution in [2.24, 2.45) is 10.9 Å². The van der Waals surface area contributed by atoms with Gasteiger partial charge in [0.2, 0.25) is 0 Å². The number of hydrogen-bond donors (Lipinski definition) is 0. The Hall–Kier alpha value is -3.21. The molecule has 1 aliphatic heterocycles. The molecule has 3 aromatic carbocycles. The van der Waals surface area contributed by atoms with Gasteiger partial charge in [0.1, 0.15) is 12.5 Å². The van der Waals surface area contributed by atoms with Crippen LogP contribution in [0.2, 0.25) is 10.0 Å². The second-order valence-electron chi connectivity index (χ2n) is 9.27. The Labute approximate surface area is 220 Å². The van der Waals surface area contributed by atoms with Crippen molar-refractivity contribution in [2.75, 3.05) is 0 Å². The highest BCUT2D eigenvalue weighted by atomic mass is 35.5. The number of halogens is 2. The molecule has 5 rings (SSSR count). The van der Waals surface area contributed by atoms with Crippen molar-refractivity contribution >= 4 is 40.7 Å². The van der Waals surface area contributed by atoms with Gasteiger partial charge in [-0.05, 0) is 48.1 Å². The number of Topliss-reactive ketones (excluding diaryl/α,β-unsaturated/α-hetero) is 1. The number of rotatable bonds is 5. The number of hydrogen-bond acceptors (Lipinski definition) is 4. The average molecular weight is 518 g/mol. The molecule has 2 aliphatic rings. The van der Waals surface area contributed by atoms with E-state index in [1.54, 1.807) is 18.2 Å².